The summed E-state index contributed by atoms with van der Waals surface area (Å²) in [6, 6.07) is 6.22. The number of benzene rings is 1. The van der Waals surface area contributed by atoms with Gasteiger partial charge in [-0.25, -0.2) is 13.1 Å². The second-order valence-corrected chi connectivity index (χ2v) is 8.02. The summed E-state index contributed by atoms with van der Waals surface area (Å²) < 4.78 is 27.2. The Hall–Kier alpha value is -1.40. The number of sulfonamides is 1. The van der Waals surface area contributed by atoms with E-state index in [0.29, 0.717) is 18.2 Å². The third-order valence-electron chi connectivity index (χ3n) is 4.30. The Balaban J connectivity index is 1.86. The van der Waals surface area contributed by atoms with Gasteiger partial charge < -0.3 is 5.32 Å². The first-order valence-corrected chi connectivity index (χ1v) is 9.83. The molecule has 1 aliphatic carbocycles. The van der Waals surface area contributed by atoms with E-state index < -0.39 is 10.0 Å². The van der Waals surface area contributed by atoms with Crippen molar-refractivity contribution in [1.29, 1.82) is 0 Å². The highest BCUT2D eigenvalue weighted by molar-refractivity contribution is 7.89. The monoisotopic (exact) mass is 338 g/mol. The maximum absolute atomic E-state index is 12.3. The molecule has 0 bridgehead atoms. The molecule has 0 spiro atoms. The van der Waals surface area contributed by atoms with Crippen LogP contribution in [0.5, 0.6) is 0 Å². The van der Waals surface area contributed by atoms with Gasteiger partial charge in [0.2, 0.25) is 15.9 Å². The third kappa shape index (κ3) is 5.95. The van der Waals surface area contributed by atoms with Crippen LogP contribution in [-0.4, -0.2) is 20.9 Å². The van der Waals surface area contributed by atoms with Crippen LogP contribution < -0.4 is 10.0 Å². The molecule has 23 heavy (non-hydrogen) atoms. The third-order valence-corrected chi connectivity index (χ3v) is 5.78. The molecule has 128 valence electrons. The summed E-state index contributed by atoms with van der Waals surface area (Å²) >= 11 is 0. The summed E-state index contributed by atoms with van der Waals surface area (Å²) in [6.45, 7) is 1.90. The second kappa shape index (κ2) is 8.45. The Morgan fingerprint density at radius 1 is 1.09 bits per heavy atom. The number of carbonyl (C=O) groups excluding carboxylic acids is 1. The summed E-state index contributed by atoms with van der Waals surface area (Å²) in [4.78, 5) is 11.2. The summed E-state index contributed by atoms with van der Waals surface area (Å²) in [7, 11) is -3.48. The molecule has 6 heteroatoms. The van der Waals surface area contributed by atoms with Crippen molar-refractivity contribution < 1.29 is 13.2 Å². The molecule has 1 aromatic rings. The van der Waals surface area contributed by atoms with Gasteiger partial charge in [0.15, 0.2) is 0 Å². The Kier molecular flexibility index (Phi) is 6.59. The Morgan fingerprint density at radius 3 is 2.26 bits per heavy atom. The fourth-order valence-electron chi connectivity index (χ4n) is 3.05. The molecule has 1 saturated carbocycles. The summed E-state index contributed by atoms with van der Waals surface area (Å²) in [6.07, 6.45) is 8.49. The minimum Gasteiger partial charge on any atom is -0.326 e. The highest BCUT2D eigenvalue weighted by Crippen LogP contribution is 2.25. The zero-order chi connectivity index (χ0) is 16.7. The van der Waals surface area contributed by atoms with Gasteiger partial charge in [-0.15, -0.1) is 0 Å². The van der Waals surface area contributed by atoms with Gasteiger partial charge in [-0.2, -0.15) is 0 Å². The second-order valence-electron chi connectivity index (χ2n) is 6.25. The van der Waals surface area contributed by atoms with Crippen LogP contribution in [-0.2, 0) is 14.8 Å². The lowest BCUT2D eigenvalue weighted by atomic mass is 9.97. The average Bonchev–Trinajstić information content (AvgIpc) is 2.76. The van der Waals surface area contributed by atoms with E-state index in [0.717, 1.165) is 6.42 Å². The smallest absolute Gasteiger partial charge is 0.240 e. The average molecular weight is 338 g/mol. The fraction of sp³-hybridized carbons (Fsp3) is 0.588. The van der Waals surface area contributed by atoms with Gasteiger partial charge in [-0.3, -0.25) is 4.79 Å². The van der Waals surface area contributed by atoms with E-state index in [1.165, 1.54) is 57.6 Å². The van der Waals surface area contributed by atoms with E-state index in [1.807, 2.05) is 0 Å². The SMILES string of the molecule is CC(=O)Nc1ccc(S(=O)(=O)NCCC2CCCCCC2)cc1. The maximum atomic E-state index is 12.3. The van der Waals surface area contributed by atoms with E-state index in [4.69, 9.17) is 0 Å². The first-order chi connectivity index (χ1) is 11.0. The van der Waals surface area contributed by atoms with Crippen LogP contribution in [0.1, 0.15) is 51.9 Å². The predicted octanol–water partition coefficient (Wildman–Crippen LogP) is 3.28. The fourth-order valence-corrected chi connectivity index (χ4v) is 4.10. The highest BCUT2D eigenvalue weighted by Gasteiger charge is 2.16. The highest BCUT2D eigenvalue weighted by atomic mass is 32.2. The van der Waals surface area contributed by atoms with Crippen molar-refractivity contribution >= 4 is 21.6 Å². The quantitative estimate of drug-likeness (QED) is 0.782. The van der Waals surface area contributed by atoms with Crippen LogP contribution in [0.2, 0.25) is 0 Å². The van der Waals surface area contributed by atoms with Gasteiger partial charge in [0.1, 0.15) is 0 Å². The van der Waals surface area contributed by atoms with Gasteiger partial charge >= 0.3 is 0 Å². The van der Waals surface area contributed by atoms with Crippen molar-refractivity contribution in [2.75, 3.05) is 11.9 Å². The molecule has 1 aromatic carbocycles. The molecule has 0 unspecified atom stereocenters. The van der Waals surface area contributed by atoms with Crippen LogP contribution in [0.4, 0.5) is 5.69 Å². The molecule has 5 nitrogen and oxygen atoms in total. The van der Waals surface area contributed by atoms with Crippen LogP contribution >= 0.6 is 0 Å². The minimum atomic E-state index is -3.48. The molecule has 0 saturated heterocycles. The molecule has 2 N–H and O–H groups in total. The lowest BCUT2D eigenvalue weighted by Crippen LogP contribution is -2.26. The molecule has 0 heterocycles. The van der Waals surface area contributed by atoms with E-state index in [-0.39, 0.29) is 10.8 Å². The Labute approximate surface area is 138 Å². The van der Waals surface area contributed by atoms with Gasteiger partial charge in [-0.05, 0) is 36.6 Å². The minimum absolute atomic E-state index is 0.179. The van der Waals surface area contributed by atoms with Crippen molar-refractivity contribution in [3.8, 4) is 0 Å². The number of anilines is 1. The molecule has 1 fully saturated rings. The zero-order valence-corrected chi connectivity index (χ0v) is 14.5. The lowest BCUT2D eigenvalue weighted by molar-refractivity contribution is -0.114. The van der Waals surface area contributed by atoms with Gasteiger partial charge in [-0.1, -0.05) is 38.5 Å². The van der Waals surface area contributed by atoms with Gasteiger partial charge in [0.05, 0.1) is 4.90 Å². The van der Waals surface area contributed by atoms with Crippen LogP contribution in [0.25, 0.3) is 0 Å². The largest absolute Gasteiger partial charge is 0.326 e. The van der Waals surface area contributed by atoms with Crippen LogP contribution in [0.3, 0.4) is 0 Å². The summed E-state index contributed by atoms with van der Waals surface area (Å²) in [5.41, 5.74) is 0.593. The van der Waals surface area contributed by atoms with Crippen LogP contribution in [0, 0.1) is 5.92 Å². The van der Waals surface area contributed by atoms with Crippen molar-refractivity contribution in [2.24, 2.45) is 5.92 Å². The van der Waals surface area contributed by atoms with Crippen molar-refractivity contribution in [1.82, 2.24) is 4.72 Å². The van der Waals surface area contributed by atoms with Crippen molar-refractivity contribution in [2.45, 2.75) is 56.8 Å². The lowest BCUT2D eigenvalue weighted by Gasteiger charge is -2.14. The van der Waals surface area contributed by atoms with E-state index in [9.17, 15) is 13.2 Å². The summed E-state index contributed by atoms with van der Waals surface area (Å²) in [5, 5.41) is 2.62. The molecule has 1 amide bonds. The molecule has 1 aliphatic rings. The first-order valence-electron chi connectivity index (χ1n) is 8.35. The van der Waals surface area contributed by atoms with E-state index in [2.05, 4.69) is 10.0 Å². The topological polar surface area (TPSA) is 75.3 Å². The predicted molar refractivity (Wildman–Crippen MR) is 91.7 cm³/mol. The number of hydrogen-bond donors (Lipinski definition) is 2. The molecule has 2 rings (SSSR count). The van der Waals surface area contributed by atoms with Crippen molar-refractivity contribution in [3.05, 3.63) is 24.3 Å². The van der Waals surface area contributed by atoms with Crippen molar-refractivity contribution in [3.63, 3.8) is 0 Å². The molecule has 0 aromatic heterocycles. The Bertz CT molecular complexity index is 603. The van der Waals surface area contributed by atoms with Crippen LogP contribution in [0.15, 0.2) is 29.2 Å². The van der Waals surface area contributed by atoms with Gasteiger partial charge in [0.25, 0.3) is 0 Å². The van der Waals surface area contributed by atoms with E-state index in [1.54, 1.807) is 12.1 Å². The van der Waals surface area contributed by atoms with E-state index >= 15 is 0 Å². The number of carbonyl (C=O) groups is 1. The number of rotatable bonds is 6. The summed E-state index contributed by atoms with van der Waals surface area (Å²) in [5.74, 6) is 0.462. The molecule has 0 aliphatic heterocycles. The van der Waals surface area contributed by atoms with Gasteiger partial charge in [0, 0.05) is 19.2 Å². The normalized spacial score (nSPS) is 16.7. The Morgan fingerprint density at radius 2 is 1.70 bits per heavy atom. The zero-order valence-electron chi connectivity index (χ0n) is 13.7. The number of nitrogens with one attached hydrogen (secondary N) is 2. The standard InChI is InChI=1S/C17H26N2O3S/c1-14(20)19-16-8-10-17(11-9-16)23(21,22)18-13-12-15-6-4-2-3-5-7-15/h8-11,15,18H,2-7,12-13H2,1H3,(H,19,20). The molecular weight excluding hydrogens is 312 g/mol. The maximum Gasteiger partial charge on any atom is 0.240 e. The first kappa shape index (κ1) is 17.9. The molecule has 0 radical (unpaired) electrons. The molecule has 0 atom stereocenters. The molecular formula is C17H26N2O3S. The number of hydrogen-bond acceptors (Lipinski definition) is 3. The number of amides is 1.